The maximum Gasteiger partial charge on any atom is 0.109 e. The minimum atomic E-state index is -0.551. The third-order valence-corrected chi connectivity index (χ3v) is 4.13. The van der Waals surface area contributed by atoms with E-state index in [-0.39, 0.29) is 0 Å². The second kappa shape index (κ2) is 6.00. The van der Waals surface area contributed by atoms with Gasteiger partial charge in [-0.25, -0.2) is 4.98 Å². The van der Waals surface area contributed by atoms with Gasteiger partial charge in [-0.1, -0.05) is 47.1 Å². The number of hydrogen-bond acceptors (Lipinski definition) is 2. The Labute approximate surface area is 132 Å². The summed E-state index contributed by atoms with van der Waals surface area (Å²) >= 11 is 3.45. The number of para-hydroxylation sites is 2. The van der Waals surface area contributed by atoms with Gasteiger partial charge >= 0.3 is 0 Å². The lowest BCUT2D eigenvalue weighted by Gasteiger charge is -2.15. The van der Waals surface area contributed by atoms with E-state index in [0.29, 0.717) is 6.54 Å². The molecule has 0 aliphatic rings. The van der Waals surface area contributed by atoms with E-state index in [1.807, 2.05) is 42.5 Å². The zero-order valence-corrected chi connectivity index (χ0v) is 13.4. The molecule has 21 heavy (non-hydrogen) atoms. The number of rotatable bonds is 4. The molecule has 1 aromatic heterocycles. The van der Waals surface area contributed by atoms with Crippen LogP contribution in [-0.4, -0.2) is 14.7 Å². The van der Waals surface area contributed by atoms with Crippen LogP contribution in [0.5, 0.6) is 0 Å². The molecule has 0 spiro atoms. The molecule has 0 radical (unpaired) electrons. The van der Waals surface area contributed by atoms with Gasteiger partial charge in [0.05, 0.1) is 23.7 Å². The number of aliphatic hydroxyl groups is 1. The number of aliphatic hydroxyl groups excluding tert-OH is 1. The fraction of sp³-hybridized carbons (Fsp3) is 0.235. The van der Waals surface area contributed by atoms with E-state index in [4.69, 9.17) is 0 Å². The molecule has 3 nitrogen and oxygen atoms in total. The molecule has 0 aliphatic carbocycles. The Kier molecular flexibility index (Phi) is 4.08. The fourth-order valence-corrected chi connectivity index (χ4v) is 3.01. The lowest BCUT2D eigenvalue weighted by Crippen LogP contribution is -2.11. The van der Waals surface area contributed by atoms with Gasteiger partial charge in [-0.05, 0) is 29.8 Å². The second-order valence-corrected chi connectivity index (χ2v) is 5.97. The molecule has 0 amide bonds. The lowest BCUT2D eigenvalue weighted by atomic mass is 10.1. The first-order valence-electron chi connectivity index (χ1n) is 7.06. The minimum absolute atomic E-state index is 0.514. The SMILES string of the molecule is CCc1nc2ccccc2n1CC(O)c1cccc(Br)c1. The molecule has 0 bridgehead atoms. The number of halogens is 1. The van der Waals surface area contributed by atoms with Crippen LogP contribution in [0.1, 0.15) is 24.4 Å². The molecule has 0 aliphatic heterocycles. The molecule has 0 saturated carbocycles. The highest BCUT2D eigenvalue weighted by atomic mass is 79.9. The zero-order valence-electron chi connectivity index (χ0n) is 11.8. The molecule has 3 aromatic rings. The van der Waals surface area contributed by atoms with Crippen LogP contribution in [0.3, 0.4) is 0 Å². The van der Waals surface area contributed by atoms with Crippen molar-refractivity contribution in [3.8, 4) is 0 Å². The number of aryl methyl sites for hydroxylation is 1. The van der Waals surface area contributed by atoms with E-state index in [1.165, 1.54) is 0 Å². The number of benzene rings is 2. The minimum Gasteiger partial charge on any atom is -0.387 e. The lowest BCUT2D eigenvalue weighted by molar-refractivity contribution is 0.156. The highest BCUT2D eigenvalue weighted by Crippen LogP contribution is 2.23. The van der Waals surface area contributed by atoms with Crippen LogP contribution in [0.25, 0.3) is 11.0 Å². The molecular weight excluding hydrogens is 328 g/mol. The third-order valence-electron chi connectivity index (χ3n) is 3.64. The van der Waals surface area contributed by atoms with Gasteiger partial charge in [0.25, 0.3) is 0 Å². The van der Waals surface area contributed by atoms with Crippen molar-refractivity contribution in [1.29, 1.82) is 0 Å². The van der Waals surface area contributed by atoms with Gasteiger partial charge < -0.3 is 9.67 Å². The Hall–Kier alpha value is -1.65. The summed E-state index contributed by atoms with van der Waals surface area (Å²) in [6.07, 6.45) is 0.297. The van der Waals surface area contributed by atoms with Crippen molar-refractivity contribution >= 4 is 27.0 Å². The number of nitrogens with zero attached hydrogens (tertiary/aromatic N) is 2. The Morgan fingerprint density at radius 2 is 2.00 bits per heavy atom. The van der Waals surface area contributed by atoms with Crippen molar-refractivity contribution in [3.63, 3.8) is 0 Å². The summed E-state index contributed by atoms with van der Waals surface area (Å²) in [4.78, 5) is 4.64. The summed E-state index contributed by atoms with van der Waals surface area (Å²) < 4.78 is 3.09. The molecule has 1 atom stereocenters. The summed E-state index contributed by atoms with van der Waals surface area (Å²) in [6, 6.07) is 15.9. The first-order chi connectivity index (χ1) is 10.2. The molecule has 4 heteroatoms. The maximum absolute atomic E-state index is 10.5. The number of fused-ring (bicyclic) bond motifs is 1. The molecular formula is C17H17BrN2O. The van der Waals surface area contributed by atoms with Gasteiger partial charge in [0.15, 0.2) is 0 Å². The first kappa shape index (κ1) is 14.3. The van der Waals surface area contributed by atoms with E-state index in [0.717, 1.165) is 33.3 Å². The topological polar surface area (TPSA) is 38.0 Å². The predicted octanol–water partition coefficient (Wildman–Crippen LogP) is 4.09. The summed E-state index contributed by atoms with van der Waals surface area (Å²) in [6.45, 7) is 2.60. The van der Waals surface area contributed by atoms with Crippen molar-refractivity contribution in [2.75, 3.05) is 0 Å². The summed E-state index contributed by atoms with van der Waals surface area (Å²) in [5.74, 6) is 1.00. The molecule has 1 unspecified atom stereocenters. The van der Waals surface area contributed by atoms with Gasteiger partial charge in [-0.3, -0.25) is 0 Å². The van der Waals surface area contributed by atoms with Gasteiger partial charge in [-0.15, -0.1) is 0 Å². The van der Waals surface area contributed by atoms with Crippen molar-refractivity contribution < 1.29 is 5.11 Å². The number of imidazole rings is 1. The Morgan fingerprint density at radius 1 is 1.19 bits per heavy atom. The quantitative estimate of drug-likeness (QED) is 0.773. The Bertz CT molecular complexity index is 766. The molecule has 3 rings (SSSR count). The van der Waals surface area contributed by atoms with Crippen LogP contribution >= 0.6 is 15.9 Å². The van der Waals surface area contributed by atoms with Gasteiger partial charge in [-0.2, -0.15) is 0 Å². The normalized spacial score (nSPS) is 12.7. The largest absolute Gasteiger partial charge is 0.387 e. The molecule has 108 valence electrons. The highest BCUT2D eigenvalue weighted by Gasteiger charge is 2.14. The van der Waals surface area contributed by atoms with Crippen molar-refractivity contribution in [2.45, 2.75) is 26.0 Å². The van der Waals surface area contributed by atoms with E-state index in [1.54, 1.807) is 0 Å². The van der Waals surface area contributed by atoms with Crippen LogP contribution in [0.15, 0.2) is 53.0 Å². The molecule has 2 aromatic carbocycles. The Balaban J connectivity index is 1.97. The first-order valence-corrected chi connectivity index (χ1v) is 7.86. The average Bonchev–Trinajstić information content (AvgIpc) is 2.85. The monoisotopic (exact) mass is 344 g/mol. The highest BCUT2D eigenvalue weighted by molar-refractivity contribution is 9.10. The van der Waals surface area contributed by atoms with Crippen LogP contribution in [0.2, 0.25) is 0 Å². The molecule has 0 saturated heterocycles. The van der Waals surface area contributed by atoms with Crippen molar-refractivity contribution in [1.82, 2.24) is 9.55 Å². The predicted molar refractivity (Wildman–Crippen MR) is 88.2 cm³/mol. The van der Waals surface area contributed by atoms with E-state index in [9.17, 15) is 5.11 Å². The van der Waals surface area contributed by atoms with Gasteiger partial charge in [0, 0.05) is 10.9 Å². The standard InChI is InChI=1S/C17H17BrN2O/c1-2-17-19-14-8-3-4-9-15(14)20(17)11-16(21)12-6-5-7-13(18)10-12/h3-10,16,21H,2,11H2,1H3. The van der Waals surface area contributed by atoms with Crippen LogP contribution in [0.4, 0.5) is 0 Å². The molecule has 1 N–H and O–H groups in total. The Morgan fingerprint density at radius 3 is 2.76 bits per heavy atom. The van der Waals surface area contributed by atoms with Crippen molar-refractivity contribution in [3.05, 3.63) is 64.4 Å². The van der Waals surface area contributed by atoms with Crippen LogP contribution in [0, 0.1) is 0 Å². The van der Waals surface area contributed by atoms with Crippen molar-refractivity contribution in [2.24, 2.45) is 0 Å². The van der Waals surface area contributed by atoms with Crippen LogP contribution < -0.4 is 0 Å². The van der Waals surface area contributed by atoms with Crippen LogP contribution in [-0.2, 0) is 13.0 Å². The molecule has 1 heterocycles. The number of aromatic nitrogens is 2. The van der Waals surface area contributed by atoms with E-state index in [2.05, 4.69) is 38.5 Å². The number of hydrogen-bond donors (Lipinski definition) is 1. The average molecular weight is 345 g/mol. The second-order valence-electron chi connectivity index (χ2n) is 5.05. The third kappa shape index (κ3) is 2.87. The summed E-state index contributed by atoms with van der Waals surface area (Å²) in [5.41, 5.74) is 2.96. The van der Waals surface area contributed by atoms with E-state index >= 15 is 0 Å². The maximum atomic E-state index is 10.5. The summed E-state index contributed by atoms with van der Waals surface area (Å²) in [5, 5.41) is 10.5. The van der Waals surface area contributed by atoms with Gasteiger partial charge in [0.2, 0.25) is 0 Å². The zero-order chi connectivity index (χ0) is 14.8. The molecule has 0 fully saturated rings. The van der Waals surface area contributed by atoms with E-state index < -0.39 is 6.10 Å². The summed E-state index contributed by atoms with van der Waals surface area (Å²) in [7, 11) is 0. The smallest absolute Gasteiger partial charge is 0.109 e. The van der Waals surface area contributed by atoms with Gasteiger partial charge in [0.1, 0.15) is 5.82 Å². The fourth-order valence-electron chi connectivity index (χ4n) is 2.59.